The fraction of sp³-hybridized carbons (Fsp3) is 0.133. The summed E-state index contributed by atoms with van der Waals surface area (Å²) in [7, 11) is 0. The highest BCUT2D eigenvalue weighted by Crippen LogP contribution is 2.15. The Bertz CT molecular complexity index is 565. The summed E-state index contributed by atoms with van der Waals surface area (Å²) in [6.45, 7) is 0.117. The molecule has 0 bridgehead atoms. The van der Waals surface area contributed by atoms with Crippen molar-refractivity contribution in [2.24, 2.45) is 0 Å². The highest BCUT2D eigenvalue weighted by Gasteiger charge is 2.08. The fourth-order valence-corrected chi connectivity index (χ4v) is 1.79. The number of carbonyl (C=O) groups excluding carboxylic acids is 1. The molecule has 0 aliphatic heterocycles. The molecule has 0 atom stereocenters. The number of amides is 1. The van der Waals surface area contributed by atoms with E-state index in [0.717, 1.165) is 5.56 Å². The van der Waals surface area contributed by atoms with Gasteiger partial charge in [0.2, 0.25) is 0 Å². The molecule has 0 aliphatic rings. The van der Waals surface area contributed by atoms with Gasteiger partial charge in [-0.05, 0) is 36.2 Å². The van der Waals surface area contributed by atoms with Gasteiger partial charge in [0, 0.05) is 18.0 Å². The van der Waals surface area contributed by atoms with Crippen LogP contribution in [0.3, 0.4) is 0 Å². The molecule has 0 unspecified atom stereocenters. The molecule has 2 aromatic rings. The van der Waals surface area contributed by atoms with Crippen molar-refractivity contribution in [2.75, 3.05) is 17.7 Å². The van der Waals surface area contributed by atoms with Crippen LogP contribution in [0.4, 0.5) is 11.4 Å². The number of nitrogens with two attached hydrogens (primary N) is 1. The van der Waals surface area contributed by atoms with E-state index < -0.39 is 0 Å². The first-order valence-electron chi connectivity index (χ1n) is 6.06. The van der Waals surface area contributed by atoms with E-state index in [-0.39, 0.29) is 12.5 Å². The summed E-state index contributed by atoms with van der Waals surface area (Å²) in [4.78, 5) is 12.0. The monoisotopic (exact) mass is 256 g/mol. The summed E-state index contributed by atoms with van der Waals surface area (Å²) in [6.07, 6.45) is 0.611. The van der Waals surface area contributed by atoms with Gasteiger partial charge in [0.05, 0.1) is 5.56 Å². The number of aliphatic hydroxyl groups excluding tert-OH is 1. The third kappa shape index (κ3) is 3.33. The second-order valence-corrected chi connectivity index (χ2v) is 4.21. The van der Waals surface area contributed by atoms with Gasteiger partial charge in [-0.25, -0.2) is 0 Å². The molecule has 19 heavy (non-hydrogen) atoms. The Morgan fingerprint density at radius 1 is 1.11 bits per heavy atom. The minimum atomic E-state index is -0.229. The first-order chi connectivity index (χ1) is 9.20. The lowest BCUT2D eigenvalue weighted by molar-refractivity contribution is 0.102. The number of nitrogen functional groups attached to an aromatic ring is 1. The topological polar surface area (TPSA) is 75.4 Å². The molecule has 2 aromatic carbocycles. The third-order valence-corrected chi connectivity index (χ3v) is 2.82. The van der Waals surface area contributed by atoms with Crippen molar-refractivity contribution in [1.29, 1.82) is 0 Å². The van der Waals surface area contributed by atoms with Gasteiger partial charge in [-0.3, -0.25) is 4.79 Å². The molecular formula is C15H16N2O2. The lowest BCUT2D eigenvalue weighted by Gasteiger charge is -2.08. The summed E-state index contributed by atoms with van der Waals surface area (Å²) in [5.41, 5.74) is 8.40. The molecule has 0 spiro atoms. The van der Waals surface area contributed by atoms with E-state index in [2.05, 4.69) is 5.32 Å². The molecular weight excluding hydrogens is 240 g/mol. The average Bonchev–Trinajstić information content (AvgIpc) is 2.42. The minimum Gasteiger partial charge on any atom is -0.398 e. The highest BCUT2D eigenvalue weighted by molar-refractivity contribution is 6.07. The van der Waals surface area contributed by atoms with Crippen LogP contribution in [-0.4, -0.2) is 17.6 Å². The van der Waals surface area contributed by atoms with Crippen molar-refractivity contribution in [3.05, 3.63) is 59.7 Å². The average molecular weight is 256 g/mol. The van der Waals surface area contributed by atoms with E-state index in [1.807, 2.05) is 24.3 Å². The zero-order chi connectivity index (χ0) is 13.7. The van der Waals surface area contributed by atoms with Gasteiger partial charge in [-0.2, -0.15) is 0 Å². The Kier molecular flexibility index (Phi) is 4.15. The second kappa shape index (κ2) is 6.02. The summed E-state index contributed by atoms with van der Waals surface area (Å²) in [5, 5.41) is 11.6. The van der Waals surface area contributed by atoms with Crippen molar-refractivity contribution in [3.63, 3.8) is 0 Å². The first-order valence-corrected chi connectivity index (χ1v) is 6.06. The number of benzene rings is 2. The number of hydrogen-bond donors (Lipinski definition) is 3. The molecule has 0 saturated heterocycles. The maximum absolute atomic E-state index is 12.0. The highest BCUT2D eigenvalue weighted by atomic mass is 16.2. The Labute approximate surface area is 111 Å². The molecule has 4 nitrogen and oxygen atoms in total. The predicted molar refractivity (Wildman–Crippen MR) is 76.0 cm³/mol. The van der Waals surface area contributed by atoms with E-state index in [1.165, 1.54) is 0 Å². The molecule has 0 aromatic heterocycles. The summed E-state index contributed by atoms with van der Waals surface area (Å²) in [6, 6.07) is 14.3. The fourth-order valence-electron chi connectivity index (χ4n) is 1.79. The van der Waals surface area contributed by atoms with Crippen molar-refractivity contribution in [1.82, 2.24) is 0 Å². The predicted octanol–water partition coefficient (Wildman–Crippen LogP) is 2.06. The quantitative estimate of drug-likeness (QED) is 0.733. The normalized spacial score (nSPS) is 10.2. The van der Waals surface area contributed by atoms with E-state index in [9.17, 15) is 4.79 Å². The van der Waals surface area contributed by atoms with Crippen molar-refractivity contribution in [3.8, 4) is 0 Å². The minimum absolute atomic E-state index is 0.117. The van der Waals surface area contributed by atoms with Crippen LogP contribution in [-0.2, 0) is 6.42 Å². The molecule has 0 radical (unpaired) electrons. The van der Waals surface area contributed by atoms with Crippen LogP contribution in [0.25, 0.3) is 0 Å². The number of hydrogen-bond acceptors (Lipinski definition) is 3. The van der Waals surface area contributed by atoms with Crippen LogP contribution in [0.1, 0.15) is 15.9 Å². The smallest absolute Gasteiger partial charge is 0.257 e. The van der Waals surface area contributed by atoms with E-state index in [4.69, 9.17) is 10.8 Å². The van der Waals surface area contributed by atoms with E-state index in [0.29, 0.717) is 23.4 Å². The lowest BCUT2D eigenvalue weighted by Crippen LogP contribution is -2.13. The van der Waals surface area contributed by atoms with Crippen molar-refractivity contribution in [2.45, 2.75) is 6.42 Å². The Hall–Kier alpha value is -2.33. The van der Waals surface area contributed by atoms with E-state index >= 15 is 0 Å². The summed E-state index contributed by atoms with van der Waals surface area (Å²) < 4.78 is 0. The van der Waals surface area contributed by atoms with Gasteiger partial charge in [-0.1, -0.05) is 24.3 Å². The van der Waals surface area contributed by atoms with Crippen LogP contribution in [0.5, 0.6) is 0 Å². The Balaban J connectivity index is 2.09. The Morgan fingerprint density at radius 3 is 2.42 bits per heavy atom. The number of rotatable bonds is 4. The summed E-state index contributed by atoms with van der Waals surface area (Å²) in [5.74, 6) is -0.229. The van der Waals surface area contributed by atoms with Crippen molar-refractivity contribution >= 4 is 17.3 Å². The zero-order valence-corrected chi connectivity index (χ0v) is 10.5. The number of aliphatic hydroxyl groups is 1. The molecule has 0 aliphatic carbocycles. The van der Waals surface area contributed by atoms with Crippen LogP contribution in [0.2, 0.25) is 0 Å². The van der Waals surface area contributed by atoms with Gasteiger partial charge >= 0.3 is 0 Å². The SMILES string of the molecule is Nc1ccccc1C(=O)Nc1ccc(CCO)cc1. The lowest BCUT2D eigenvalue weighted by atomic mass is 10.1. The number of para-hydroxylation sites is 1. The van der Waals surface area contributed by atoms with Crippen molar-refractivity contribution < 1.29 is 9.90 Å². The maximum atomic E-state index is 12.0. The molecule has 0 heterocycles. The second-order valence-electron chi connectivity index (χ2n) is 4.21. The molecule has 0 fully saturated rings. The molecule has 4 N–H and O–H groups in total. The number of carbonyl (C=O) groups is 1. The van der Waals surface area contributed by atoms with Gasteiger partial charge in [0.15, 0.2) is 0 Å². The number of nitrogens with one attached hydrogen (secondary N) is 1. The molecule has 2 rings (SSSR count). The summed E-state index contributed by atoms with van der Waals surface area (Å²) >= 11 is 0. The Morgan fingerprint density at radius 2 is 1.79 bits per heavy atom. The molecule has 98 valence electrons. The first kappa shape index (κ1) is 13.1. The number of anilines is 2. The van der Waals surface area contributed by atoms with Gasteiger partial charge in [0.1, 0.15) is 0 Å². The van der Waals surface area contributed by atoms with Gasteiger partial charge in [-0.15, -0.1) is 0 Å². The molecule has 0 saturated carbocycles. The largest absolute Gasteiger partial charge is 0.398 e. The zero-order valence-electron chi connectivity index (χ0n) is 10.5. The van der Waals surface area contributed by atoms with Crippen LogP contribution in [0, 0.1) is 0 Å². The van der Waals surface area contributed by atoms with Crippen LogP contribution in [0.15, 0.2) is 48.5 Å². The van der Waals surface area contributed by atoms with Crippen LogP contribution >= 0.6 is 0 Å². The molecule has 4 heteroatoms. The van der Waals surface area contributed by atoms with Gasteiger partial charge in [0.25, 0.3) is 5.91 Å². The standard InChI is InChI=1S/C15H16N2O2/c16-14-4-2-1-3-13(14)15(19)17-12-7-5-11(6-8-12)9-10-18/h1-8,18H,9-10,16H2,(H,17,19). The van der Waals surface area contributed by atoms with Crippen LogP contribution < -0.4 is 11.1 Å². The van der Waals surface area contributed by atoms with E-state index in [1.54, 1.807) is 24.3 Å². The molecule has 1 amide bonds. The third-order valence-electron chi connectivity index (χ3n) is 2.82. The maximum Gasteiger partial charge on any atom is 0.257 e. The van der Waals surface area contributed by atoms with Gasteiger partial charge < -0.3 is 16.2 Å².